The SMILES string of the molecule is CCCNC(=O)CSc1nc2ccccc2n1-c1cccc(C)c1. The summed E-state index contributed by atoms with van der Waals surface area (Å²) in [4.78, 5) is 16.6. The molecule has 0 fully saturated rings. The average molecular weight is 339 g/mol. The molecular formula is C19H21N3OS. The van der Waals surface area contributed by atoms with Crippen LogP contribution in [0.3, 0.4) is 0 Å². The number of carbonyl (C=O) groups is 1. The Kier molecular flexibility index (Phi) is 5.20. The van der Waals surface area contributed by atoms with Crippen molar-refractivity contribution in [1.29, 1.82) is 0 Å². The Bertz CT molecular complexity index is 857. The van der Waals surface area contributed by atoms with Crippen molar-refractivity contribution in [2.45, 2.75) is 25.4 Å². The number of aryl methyl sites for hydroxylation is 1. The summed E-state index contributed by atoms with van der Waals surface area (Å²) >= 11 is 1.47. The second-order valence-electron chi connectivity index (χ2n) is 5.70. The second-order valence-corrected chi connectivity index (χ2v) is 6.64. The molecule has 2 aromatic carbocycles. The van der Waals surface area contributed by atoms with Gasteiger partial charge in [0, 0.05) is 12.2 Å². The summed E-state index contributed by atoms with van der Waals surface area (Å²) in [6, 6.07) is 16.4. The summed E-state index contributed by atoms with van der Waals surface area (Å²) in [5, 5.41) is 3.75. The van der Waals surface area contributed by atoms with Crippen molar-refractivity contribution in [3.8, 4) is 5.69 Å². The highest BCUT2D eigenvalue weighted by atomic mass is 32.2. The van der Waals surface area contributed by atoms with Crippen LogP contribution in [-0.2, 0) is 4.79 Å². The highest BCUT2D eigenvalue weighted by Crippen LogP contribution is 2.28. The number of imidazole rings is 1. The van der Waals surface area contributed by atoms with Gasteiger partial charge < -0.3 is 5.32 Å². The molecule has 24 heavy (non-hydrogen) atoms. The Morgan fingerprint density at radius 2 is 2.04 bits per heavy atom. The number of rotatable bonds is 6. The molecule has 1 N–H and O–H groups in total. The van der Waals surface area contributed by atoms with Gasteiger partial charge in [-0.1, -0.05) is 43.0 Å². The van der Waals surface area contributed by atoms with Gasteiger partial charge in [-0.2, -0.15) is 0 Å². The van der Waals surface area contributed by atoms with Gasteiger partial charge in [0.1, 0.15) is 0 Å². The highest BCUT2D eigenvalue weighted by molar-refractivity contribution is 7.99. The van der Waals surface area contributed by atoms with Crippen molar-refractivity contribution in [3.63, 3.8) is 0 Å². The van der Waals surface area contributed by atoms with Crippen molar-refractivity contribution in [2.75, 3.05) is 12.3 Å². The van der Waals surface area contributed by atoms with Gasteiger partial charge in [-0.05, 0) is 43.2 Å². The zero-order valence-corrected chi connectivity index (χ0v) is 14.8. The Labute approximate surface area is 146 Å². The summed E-state index contributed by atoms with van der Waals surface area (Å²) in [5.74, 6) is 0.416. The average Bonchev–Trinajstić information content (AvgIpc) is 2.96. The fraction of sp³-hybridized carbons (Fsp3) is 0.263. The number of hydrogen-bond donors (Lipinski definition) is 1. The number of aromatic nitrogens is 2. The molecule has 0 aliphatic carbocycles. The molecule has 5 heteroatoms. The van der Waals surface area contributed by atoms with Gasteiger partial charge in [-0.15, -0.1) is 0 Å². The number of nitrogens with one attached hydrogen (secondary N) is 1. The first kappa shape index (κ1) is 16.6. The predicted molar refractivity (Wildman–Crippen MR) is 99.8 cm³/mol. The van der Waals surface area contributed by atoms with Crippen LogP contribution >= 0.6 is 11.8 Å². The first-order valence-electron chi connectivity index (χ1n) is 8.13. The van der Waals surface area contributed by atoms with E-state index in [1.165, 1.54) is 17.3 Å². The van der Waals surface area contributed by atoms with Gasteiger partial charge in [-0.25, -0.2) is 4.98 Å². The Morgan fingerprint density at radius 3 is 2.83 bits per heavy atom. The molecule has 0 aliphatic rings. The number of hydrogen-bond acceptors (Lipinski definition) is 3. The number of amides is 1. The van der Waals surface area contributed by atoms with Gasteiger partial charge in [-0.3, -0.25) is 9.36 Å². The number of fused-ring (bicyclic) bond motifs is 1. The lowest BCUT2D eigenvalue weighted by Crippen LogP contribution is -2.25. The van der Waals surface area contributed by atoms with Crippen LogP contribution in [0.4, 0.5) is 0 Å². The quantitative estimate of drug-likeness (QED) is 0.692. The molecule has 1 heterocycles. The maximum Gasteiger partial charge on any atom is 0.230 e. The second kappa shape index (κ2) is 7.53. The Morgan fingerprint density at radius 1 is 1.21 bits per heavy atom. The molecule has 0 atom stereocenters. The molecule has 1 amide bonds. The normalized spacial score (nSPS) is 10.9. The zero-order valence-electron chi connectivity index (χ0n) is 14.0. The van der Waals surface area contributed by atoms with Crippen LogP contribution in [0.25, 0.3) is 16.7 Å². The molecule has 0 saturated carbocycles. The molecule has 0 unspecified atom stereocenters. The van der Waals surface area contributed by atoms with Crippen molar-refractivity contribution >= 4 is 28.7 Å². The molecular weight excluding hydrogens is 318 g/mol. The van der Waals surface area contributed by atoms with Crippen molar-refractivity contribution in [2.24, 2.45) is 0 Å². The summed E-state index contributed by atoms with van der Waals surface area (Å²) in [6.07, 6.45) is 0.943. The summed E-state index contributed by atoms with van der Waals surface area (Å²) in [7, 11) is 0. The van der Waals surface area contributed by atoms with Gasteiger partial charge in [0.05, 0.1) is 16.8 Å². The fourth-order valence-electron chi connectivity index (χ4n) is 2.56. The largest absolute Gasteiger partial charge is 0.355 e. The minimum atomic E-state index is 0.0460. The van der Waals surface area contributed by atoms with E-state index in [4.69, 9.17) is 4.98 Å². The van der Waals surface area contributed by atoms with E-state index in [-0.39, 0.29) is 5.91 Å². The van der Waals surface area contributed by atoms with Crippen LogP contribution in [0, 0.1) is 6.92 Å². The van der Waals surface area contributed by atoms with Crippen LogP contribution < -0.4 is 5.32 Å². The van der Waals surface area contributed by atoms with E-state index in [9.17, 15) is 4.79 Å². The molecule has 0 radical (unpaired) electrons. The van der Waals surface area contributed by atoms with E-state index in [1.807, 2.05) is 31.2 Å². The van der Waals surface area contributed by atoms with Gasteiger partial charge >= 0.3 is 0 Å². The number of nitrogens with zero attached hydrogens (tertiary/aromatic N) is 2. The molecule has 0 aliphatic heterocycles. The van der Waals surface area contributed by atoms with E-state index in [0.717, 1.165) is 28.3 Å². The first-order valence-corrected chi connectivity index (χ1v) is 9.11. The van der Waals surface area contributed by atoms with E-state index in [1.54, 1.807) is 0 Å². The number of carbonyl (C=O) groups excluding carboxylic acids is 1. The van der Waals surface area contributed by atoms with Gasteiger partial charge in [0.25, 0.3) is 0 Å². The molecule has 4 nitrogen and oxygen atoms in total. The lowest BCUT2D eigenvalue weighted by molar-refractivity contribution is -0.118. The van der Waals surface area contributed by atoms with Crippen LogP contribution in [-0.4, -0.2) is 27.8 Å². The lowest BCUT2D eigenvalue weighted by atomic mass is 10.2. The van der Waals surface area contributed by atoms with Gasteiger partial charge in [0.2, 0.25) is 5.91 Å². The standard InChI is InChI=1S/C19H21N3OS/c1-3-11-20-18(23)13-24-19-21-16-9-4-5-10-17(16)22(19)15-8-6-7-14(2)12-15/h4-10,12H,3,11,13H2,1-2H3,(H,20,23). The molecule has 0 spiro atoms. The topological polar surface area (TPSA) is 46.9 Å². The Balaban J connectivity index is 1.95. The molecule has 0 saturated heterocycles. The third-order valence-electron chi connectivity index (χ3n) is 3.69. The highest BCUT2D eigenvalue weighted by Gasteiger charge is 2.14. The summed E-state index contributed by atoms with van der Waals surface area (Å²) in [5.41, 5.74) is 4.26. The van der Waals surface area contributed by atoms with E-state index in [0.29, 0.717) is 12.3 Å². The van der Waals surface area contributed by atoms with Crippen molar-refractivity contribution < 1.29 is 4.79 Å². The van der Waals surface area contributed by atoms with Crippen molar-refractivity contribution in [3.05, 3.63) is 54.1 Å². The molecule has 3 rings (SSSR count). The third-order valence-corrected chi connectivity index (χ3v) is 4.63. The molecule has 0 bridgehead atoms. The predicted octanol–water partition coefficient (Wildman–Crippen LogP) is 3.95. The minimum absolute atomic E-state index is 0.0460. The fourth-order valence-corrected chi connectivity index (χ4v) is 3.42. The maximum atomic E-state index is 11.9. The first-order chi connectivity index (χ1) is 11.7. The van der Waals surface area contributed by atoms with Crippen molar-refractivity contribution in [1.82, 2.24) is 14.9 Å². The maximum absolute atomic E-state index is 11.9. The molecule has 3 aromatic rings. The monoisotopic (exact) mass is 339 g/mol. The molecule has 1 aromatic heterocycles. The number of benzene rings is 2. The van der Waals surface area contributed by atoms with Crippen LogP contribution in [0.15, 0.2) is 53.7 Å². The summed E-state index contributed by atoms with van der Waals surface area (Å²) < 4.78 is 2.13. The minimum Gasteiger partial charge on any atom is -0.355 e. The van der Waals surface area contributed by atoms with E-state index >= 15 is 0 Å². The Hall–Kier alpha value is -2.27. The number of thioether (sulfide) groups is 1. The van der Waals surface area contributed by atoms with Gasteiger partial charge in [0.15, 0.2) is 5.16 Å². The van der Waals surface area contributed by atoms with Crippen LogP contribution in [0.1, 0.15) is 18.9 Å². The van der Waals surface area contributed by atoms with E-state index < -0.39 is 0 Å². The third kappa shape index (κ3) is 3.62. The summed E-state index contributed by atoms with van der Waals surface area (Å²) in [6.45, 7) is 4.84. The zero-order chi connectivity index (χ0) is 16.9. The molecule has 124 valence electrons. The number of para-hydroxylation sites is 2. The lowest BCUT2D eigenvalue weighted by Gasteiger charge is -2.10. The van der Waals surface area contributed by atoms with E-state index in [2.05, 4.69) is 41.1 Å². The van der Waals surface area contributed by atoms with Crippen LogP contribution in [0.2, 0.25) is 0 Å². The smallest absolute Gasteiger partial charge is 0.230 e. The van der Waals surface area contributed by atoms with Crippen LogP contribution in [0.5, 0.6) is 0 Å².